The third kappa shape index (κ3) is 4.13. The van der Waals surface area contributed by atoms with Crippen LogP contribution in [0.3, 0.4) is 0 Å². The zero-order chi connectivity index (χ0) is 8.85. The predicted molar refractivity (Wildman–Crippen MR) is 40.1 cm³/mol. The van der Waals surface area contributed by atoms with E-state index in [1.807, 2.05) is 0 Å². The van der Waals surface area contributed by atoms with E-state index in [0.717, 1.165) is 6.08 Å². The van der Waals surface area contributed by atoms with Gasteiger partial charge in [0.1, 0.15) is 0 Å². The van der Waals surface area contributed by atoms with Gasteiger partial charge in [-0.05, 0) is 13.8 Å². The van der Waals surface area contributed by atoms with Crippen molar-refractivity contribution in [3.8, 4) is 0 Å². The van der Waals surface area contributed by atoms with Gasteiger partial charge in [0.25, 0.3) is 0 Å². The monoisotopic (exact) mass is 157 g/mol. The lowest BCUT2D eigenvalue weighted by Crippen LogP contribution is -2.23. The molecule has 0 spiro atoms. The molecule has 0 heterocycles. The molecule has 0 bridgehead atoms. The third-order valence-electron chi connectivity index (χ3n) is 1.04. The number of hydrogen-bond donors (Lipinski definition) is 2. The summed E-state index contributed by atoms with van der Waals surface area (Å²) in [5.74, 6) is -1.44. The summed E-state index contributed by atoms with van der Waals surface area (Å²) in [6.07, 6.45) is 0.880. The van der Waals surface area contributed by atoms with Crippen molar-refractivity contribution in [2.45, 2.75) is 13.8 Å². The van der Waals surface area contributed by atoms with Crippen molar-refractivity contribution >= 4 is 11.9 Å². The summed E-state index contributed by atoms with van der Waals surface area (Å²) < 4.78 is 0. The number of rotatable bonds is 3. The standard InChI is InChI=1S/C7H11NO3/c1-3-8-7(11)5(2)4-6(9)10/h4H,3H2,1-2H3,(H,8,11)(H,9,10)/b5-4-. The average Bonchev–Trinajstić information content (AvgIpc) is 1.86. The summed E-state index contributed by atoms with van der Waals surface area (Å²) in [5.41, 5.74) is 0.208. The zero-order valence-electron chi connectivity index (χ0n) is 6.55. The van der Waals surface area contributed by atoms with Gasteiger partial charge in [-0.1, -0.05) is 0 Å². The van der Waals surface area contributed by atoms with Crippen molar-refractivity contribution in [1.82, 2.24) is 5.32 Å². The van der Waals surface area contributed by atoms with Gasteiger partial charge in [0, 0.05) is 18.2 Å². The van der Waals surface area contributed by atoms with Crippen molar-refractivity contribution in [1.29, 1.82) is 0 Å². The number of nitrogens with one attached hydrogen (secondary N) is 1. The number of likely N-dealkylation sites (N-methyl/N-ethyl adjacent to an activating group) is 1. The fourth-order valence-corrected chi connectivity index (χ4v) is 0.551. The van der Waals surface area contributed by atoms with E-state index in [2.05, 4.69) is 5.32 Å². The molecule has 0 saturated carbocycles. The van der Waals surface area contributed by atoms with Crippen LogP contribution in [0, 0.1) is 0 Å². The second kappa shape index (κ2) is 4.49. The normalized spacial score (nSPS) is 10.9. The van der Waals surface area contributed by atoms with Gasteiger partial charge in [0.15, 0.2) is 0 Å². The van der Waals surface area contributed by atoms with Crippen molar-refractivity contribution in [2.75, 3.05) is 6.54 Å². The zero-order valence-corrected chi connectivity index (χ0v) is 6.55. The van der Waals surface area contributed by atoms with Gasteiger partial charge < -0.3 is 10.4 Å². The summed E-state index contributed by atoms with van der Waals surface area (Å²) in [5, 5.41) is 10.7. The van der Waals surface area contributed by atoms with Crippen LogP contribution in [-0.4, -0.2) is 23.5 Å². The molecular formula is C7H11NO3. The van der Waals surface area contributed by atoms with Crippen LogP contribution in [0.25, 0.3) is 0 Å². The molecular weight excluding hydrogens is 146 g/mol. The minimum atomic E-state index is -1.10. The lowest BCUT2D eigenvalue weighted by Gasteiger charge is -1.99. The van der Waals surface area contributed by atoms with Crippen molar-refractivity contribution in [2.24, 2.45) is 0 Å². The number of carboxylic acid groups (broad SMARTS) is 1. The maximum atomic E-state index is 10.8. The van der Waals surface area contributed by atoms with Crippen LogP contribution >= 0.6 is 0 Å². The Morgan fingerprint density at radius 3 is 2.45 bits per heavy atom. The number of aliphatic carboxylic acids is 1. The minimum Gasteiger partial charge on any atom is -0.478 e. The van der Waals surface area contributed by atoms with E-state index in [-0.39, 0.29) is 11.5 Å². The molecule has 0 aromatic carbocycles. The summed E-state index contributed by atoms with van der Waals surface area (Å²) >= 11 is 0. The van der Waals surface area contributed by atoms with Crippen LogP contribution < -0.4 is 5.32 Å². The maximum Gasteiger partial charge on any atom is 0.328 e. The Kier molecular flexibility index (Phi) is 3.95. The number of hydrogen-bond acceptors (Lipinski definition) is 2. The Bertz CT molecular complexity index is 196. The van der Waals surface area contributed by atoms with Crippen LogP contribution in [0.4, 0.5) is 0 Å². The highest BCUT2D eigenvalue weighted by atomic mass is 16.4. The highest BCUT2D eigenvalue weighted by molar-refractivity contribution is 5.98. The molecule has 0 fully saturated rings. The van der Waals surface area contributed by atoms with Gasteiger partial charge in [-0.15, -0.1) is 0 Å². The molecule has 0 unspecified atom stereocenters. The van der Waals surface area contributed by atoms with Gasteiger partial charge in [-0.3, -0.25) is 4.79 Å². The molecule has 0 radical (unpaired) electrons. The van der Waals surface area contributed by atoms with E-state index in [1.165, 1.54) is 6.92 Å². The van der Waals surface area contributed by atoms with E-state index in [0.29, 0.717) is 6.54 Å². The Morgan fingerprint density at radius 1 is 1.55 bits per heavy atom. The SMILES string of the molecule is CCNC(=O)/C(C)=C\C(=O)O. The summed E-state index contributed by atoms with van der Waals surface area (Å²) in [4.78, 5) is 20.9. The summed E-state index contributed by atoms with van der Waals surface area (Å²) in [6.45, 7) is 3.73. The van der Waals surface area contributed by atoms with Crippen LogP contribution in [0.15, 0.2) is 11.6 Å². The highest BCUT2D eigenvalue weighted by Gasteiger charge is 2.02. The average molecular weight is 157 g/mol. The van der Waals surface area contributed by atoms with E-state index in [1.54, 1.807) is 6.92 Å². The molecule has 0 saturated heterocycles. The number of carbonyl (C=O) groups excluding carboxylic acids is 1. The molecule has 4 nitrogen and oxygen atoms in total. The molecule has 11 heavy (non-hydrogen) atoms. The quantitative estimate of drug-likeness (QED) is 0.573. The Morgan fingerprint density at radius 2 is 2.09 bits per heavy atom. The molecule has 0 rings (SSSR count). The van der Waals surface area contributed by atoms with Gasteiger partial charge in [0.2, 0.25) is 5.91 Å². The second-order valence-corrected chi connectivity index (χ2v) is 2.03. The third-order valence-corrected chi connectivity index (χ3v) is 1.04. The van der Waals surface area contributed by atoms with Crippen LogP contribution in [0.2, 0.25) is 0 Å². The number of carboxylic acids is 1. The molecule has 0 aromatic heterocycles. The molecule has 4 heteroatoms. The molecule has 0 aliphatic rings. The molecule has 0 aliphatic heterocycles. The van der Waals surface area contributed by atoms with E-state index >= 15 is 0 Å². The number of amides is 1. The van der Waals surface area contributed by atoms with Gasteiger partial charge in [-0.2, -0.15) is 0 Å². The van der Waals surface area contributed by atoms with Crippen LogP contribution in [-0.2, 0) is 9.59 Å². The summed E-state index contributed by atoms with van der Waals surface area (Å²) in [6, 6.07) is 0. The van der Waals surface area contributed by atoms with Gasteiger partial charge in [-0.25, -0.2) is 4.79 Å². The van der Waals surface area contributed by atoms with E-state index in [4.69, 9.17) is 5.11 Å². The first-order valence-electron chi connectivity index (χ1n) is 3.27. The lowest BCUT2D eigenvalue weighted by atomic mass is 10.2. The smallest absolute Gasteiger partial charge is 0.328 e. The topological polar surface area (TPSA) is 66.4 Å². The fourth-order valence-electron chi connectivity index (χ4n) is 0.551. The van der Waals surface area contributed by atoms with Crippen LogP contribution in [0.1, 0.15) is 13.8 Å². The first-order valence-corrected chi connectivity index (χ1v) is 3.27. The maximum absolute atomic E-state index is 10.8. The Balaban J connectivity index is 4.12. The highest BCUT2D eigenvalue weighted by Crippen LogP contribution is 1.90. The van der Waals surface area contributed by atoms with Gasteiger partial charge in [0.05, 0.1) is 0 Å². The first kappa shape index (κ1) is 9.68. The summed E-state index contributed by atoms with van der Waals surface area (Å²) in [7, 11) is 0. The molecule has 0 aromatic rings. The van der Waals surface area contributed by atoms with E-state index < -0.39 is 5.97 Å². The van der Waals surface area contributed by atoms with Crippen molar-refractivity contribution in [3.63, 3.8) is 0 Å². The largest absolute Gasteiger partial charge is 0.478 e. The Labute approximate surface area is 64.9 Å². The molecule has 0 atom stereocenters. The van der Waals surface area contributed by atoms with Crippen LogP contribution in [0.5, 0.6) is 0 Å². The predicted octanol–water partition coefficient (Wildman–Crippen LogP) is 0.153. The molecule has 62 valence electrons. The molecule has 2 N–H and O–H groups in total. The van der Waals surface area contributed by atoms with Crippen molar-refractivity contribution < 1.29 is 14.7 Å². The van der Waals surface area contributed by atoms with Gasteiger partial charge >= 0.3 is 5.97 Å². The Hall–Kier alpha value is -1.32. The van der Waals surface area contributed by atoms with Crippen molar-refractivity contribution in [3.05, 3.63) is 11.6 Å². The fraction of sp³-hybridized carbons (Fsp3) is 0.429. The lowest BCUT2D eigenvalue weighted by molar-refractivity contribution is -0.131. The second-order valence-electron chi connectivity index (χ2n) is 2.03. The number of carbonyl (C=O) groups is 2. The minimum absolute atomic E-state index is 0.208. The molecule has 0 aliphatic carbocycles. The molecule has 1 amide bonds. The first-order chi connectivity index (χ1) is 5.07. The van der Waals surface area contributed by atoms with E-state index in [9.17, 15) is 9.59 Å².